The summed E-state index contributed by atoms with van der Waals surface area (Å²) in [6, 6.07) is 1.29. The number of pyridine rings is 1. The number of hydrogen-bond acceptors (Lipinski definition) is 5. The summed E-state index contributed by atoms with van der Waals surface area (Å²) in [6.07, 6.45) is 7.90. The molecular formula is C19H19F2N5O2. The summed E-state index contributed by atoms with van der Waals surface area (Å²) in [6.45, 7) is 2.85. The van der Waals surface area contributed by atoms with Crippen LogP contribution in [0.1, 0.15) is 26.3 Å². The SMILES string of the molecule is CC1=C2C(=O)N(c3cn[nH]c3)C(C)C2(C)NC(c2cncc(OC(F)F)c2)=C1. The molecule has 0 saturated carbocycles. The van der Waals surface area contributed by atoms with Gasteiger partial charge < -0.3 is 15.0 Å². The van der Waals surface area contributed by atoms with E-state index in [2.05, 4.69) is 25.2 Å². The number of aromatic nitrogens is 3. The number of anilines is 1. The Bertz CT molecular complexity index is 986. The van der Waals surface area contributed by atoms with Gasteiger partial charge in [-0.2, -0.15) is 13.9 Å². The second-order valence-corrected chi connectivity index (χ2v) is 7.04. The van der Waals surface area contributed by atoms with Gasteiger partial charge in [0.1, 0.15) is 5.75 Å². The molecule has 146 valence electrons. The number of alkyl halides is 2. The van der Waals surface area contributed by atoms with Crippen LogP contribution in [0.5, 0.6) is 5.75 Å². The molecule has 4 heterocycles. The van der Waals surface area contributed by atoms with E-state index in [0.29, 0.717) is 22.5 Å². The average Bonchev–Trinajstić information content (AvgIpc) is 3.20. The minimum atomic E-state index is -2.92. The third-order valence-electron chi connectivity index (χ3n) is 5.34. The Morgan fingerprint density at radius 3 is 2.79 bits per heavy atom. The second kappa shape index (κ2) is 6.43. The van der Waals surface area contributed by atoms with Crippen molar-refractivity contribution in [1.82, 2.24) is 20.5 Å². The normalized spacial score (nSPS) is 24.4. The lowest BCUT2D eigenvalue weighted by molar-refractivity contribution is -0.114. The van der Waals surface area contributed by atoms with Crippen LogP contribution in [0, 0.1) is 0 Å². The summed E-state index contributed by atoms with van der Waals surface area (Å²) in [7, 11) is 0. The summed E-state index contributed by atoms with van der Waals surface area (Å²) in [5.41, 5.74) is 2.76. The number of fused-ring (bicyclic) bond motifs is 1. The number of carbonyl (C=O) groups excluding carboxylic acids is 1. The lowest BCUT2D eigenvalue weighted by Crippen LogP contribution is -2.52. The zero-order valence-electron chi connectivity index (χ0n) is 15.5. The quantitative estimate of drug-likeness (QED) is 0.843. The molecule has 2 atom stereocenters. The van der Waals surface area contributed by atoms with Crippen molar-refractivity contribution >= 4 is 17.3 Å². The maximum atomic E-state index is 13.1. The molecule has 1 saturated heterocycles. The number of ether oxygens (including phenoxy) is 1. The van der Waals surface area contributed by atoms with Crippen LogP contribution in [0.25, 0.3) is 5.70 Å². The number of dihydropyridines is 1. The Morgan fingerprint density at radius 2 is 2.11 bits per heavy atom. The number of rotatable bonds is 4. The van der Waals surface area contributed by atoms with Crippen LogP contribution in [-0.2, 0) is 4.79 Å². The van der Waals surface area contributed by atoms with Gasteiger partial charge in [0, 0.05) is 29.2 Å². The van der Waals surface area contributed by atoms with E-state index in [1.54, 1.807) is 23.5 Å². The van der Waals surface area contributed by atoms with Gasteiger partial charge in [-0.25, -0.2) is 0 Å². The molecule has 2 aromatic rings. The molecule has 2 aliphatic heterocycles. The van der Waals surface area contributed by atoms with Crippen molar-refractivity contribution in [3.05, 3.63) is 53.6 Å². The van der Waals surface area contributed by atoms with Gasteiger partial charge in [0.25, 0.3) is 5.91 Å². The third kappa shape index (κ3) is 2.74. The van der Waals surface area contributed by atoms with Crippen molar-refractivity contribution in [2.45, 2.75) is 39.0 Å². The summed E-state index contributed by atoms with van der Waals surface area (Å²) < 4.78 is 29.5. The maximum Gasteiger partial charge on any atom is 0.387 e. The number of amides is 1. The molecule has 0 radical (unpaired) electrons. The highest BCUT2D eigenvalue weighted by Gasteiger charge is 2.53. The summed E-state index contributed by atoms with van der Waals surface area (Å²) in [5.74, 6) is -0.118. The predicted molar refractivity (Wildman–Crippen MR) is 98.6 cm³/mol. The van der Waals surface area contributed by atoms with E-state index in [1.165, 1.54) is 12.3 Å². The highest BCUT2D eigenvalue weighted by atomic mass is 19.3. The monoisotopic (exact) mass is 387 g/mol. The molecule has 0 spiro atoms. The lowest BCUT2D eigenvalue weighted by atomic mass is 9.82. The van der Waals surface area contributed by atoms with Crippen LogP contribution in [-0.4, -0.2) is 39.3 Å². The molecule has 0 aromatic carbocycles. The highest BCUT2D eigenvalue weighted by Crippen LogP contribution is 2.43. The Kier molecular flexibility index (Phi) is 4.17. The first-order valence-corrected chi connectivity index (χ1v) is 8.75. The van der Waals surface area contributed by atoms with E-state index in [-0.39, 0.29) is 17.7 Å². The molecule has 4 rings (SSSR count). The van der Waals surface area contributed by atoms with Crippen LogP contribution in [0.3, 0.4) is 0 Å². The molecule has 0 aliphatic carbocycles. The van der Waals surface area contributed by atoms with Crippen molar-refractivity contribution in [2.24, 2.45) is 0 Å². The fourth-order valence-electron chi connectivity index (χ4n) is 3.94. The van der Waals surface area contributed by atoms with Gasteiger partial charge in [-0.05, 0) is 38.5 Å². The van der Waals surface area contributed by atoms with E-state index in [0.717, 1.165) is 5.57 Å². The molecular weight excluding hydrogens is 368 g/mol. The Morgan fingerprint density at radius 1 is 1.32 bits per heavy atom. The van der Waals surface area contributed by atoms with E-state index in [1.807, 2.05) is 26.8 Å². The van der Waals surface area contributed by atoms with Crippen LogP contribution < -0.4 is 15.0 Å². The van der Waals surface area contributed by atoms with Crippen molar-refractivity contribution < 1.29 is 18.3 Å². The fraction of sp³-hybridized carbons (Fsp3) is 0.316. The number of carbonyl (C=O) groups is 1. The zero-order valence-corrected chi connectivity index (χ0v) is 15.5. The standard InChI is InChI=1S/C19H19F2N5O2/c1-10-4-15(12-5-14(9-22-6-12)28-18(20)21)25-19(3)11(2)26(17(27)16(10)19)13-7-23-24-8-13/h4-9,11,18,25H,1-3H3,(H,23,24). The number of nitrogens with one attached hydrogen (secondary N) is 2. The number of allylic oxidation sites excluding steroid dienone is 2. The fourth-order valence-corrected chi connectivity index (χ4v) is 3.94. The average molecular weight is 387 g/mol. The minimum Gasteiger partial charge on any atom is -0.433 e. The smallest absolute Gasteiger partial charge is 0.387 e. The lowest BCUT2D eigenvalue weighted by Gasteiger charge is -2.37. The van der Waals surface area contributed by atoms with Crippen LogP contribution >= 0.6 is 0 Å². The van der Waals surface area contributed by atoms with E-state index in [9.17, 15) is 13.6 Å². The van der Waals surface area contributed by atoms with Crippen LogP contribution in [0.4, 0.5) is 14.5 Å². The van der Waals surface area contributed by atoms with Crippen molar-refractivity contribution in [3.63, 3.8) is 0 Å². The Hall–Kier alpha value is -3.23. The summed E-state index contributed by atoms with van der Waals surface area (Å²) in [5, 5.41) is 10.1. The largest absolute Gasteiger partial charge is 0.433 e. The number of halogens is 2. The molecule has 2 aliphatic rings. The molecule has 1 fully saturated rings. The number of nitrogens with zero attached hydrogens (tertiary/aromatic N) is 3. The third-order valence-corrected chi connectivity index (χ3v) is 5.34. The zero-order chi connectivity index (χ0) is 20.1. The molecule has 7 nitrogen and oxygen atoms in total. The van der Waals surface area contributed by atoms with E-state index in [4.69, 9.17) is 0 Å². The van der Waals surface area contributed by atoms with Gasteiger partial charge in [0.15, 0.2) is 0 Å². The van der Waals surface area contributed by atoms with Crippen LogP contribution in [0.15, 0.2) is 48.1 Å². The topological polar surface area (TPSA) is 83.1 Å². The predicted octanol–water partition coefficient (Wildman–Crippen LogP) is 2.86. The molecule has 2 N–H and O–H groups in total. The van der Waals surface area contributed by atoms with Crippen molar-refractivity contribution in [1.29, 1.82) is 0 Å². The van der Waals surface area contributed by atoms with Crippen molar-refractivity contribution in [2.75, 3.05) is 4.90 Å². The second-order valence-electron chi connectivity index (χ2n) is 7.04. The van der Waals surface area contributed by atoms with Gasteiger partial charge >= 0.3 is 6.61 Å². The number of H-pyrrole nitrogens is 1. The van der Waals surface area contributed by atoms with Gasteiger partial charge in [-0.1, -0.05) is 0 Å². The summed E-state index contributed by atoms with van der Waals surface area (Å²) >= 11 is 0. The molecule has 28 heavy (non-hydrogen) atoms. The van der Waals surface area contributed by atoms with Gasteiger partial charge in [0.2, 0.25) is 0 Å². The summed E-state index contributed by atoms with van der Waals surface area (Å²) in [4.78, 5) is 18.8. The first-order valence-electron chi connectivity index (χ1n) is 8.75. The first kappa shape index (κ1) is 18.1. The van der Waals surface area contributed by atoms with Gasteiger partial charge in [-0.3, -0.25) is 14.9 Å². The molecule has 9 heteroatoms. The number of hydrogen-bond donors (Lipinski definition) is 2. The van der Waals surface area contributed by atoms with E-state index < -0.39 is 12.2 Å². The van der Waals surface area contributed by atoms with Crippen molar-refractivity contribution in [3.8, 4) is 5.75 Å². The Balaban J connectivity index is 1.73. The maximum absolute atomic E-state index is 13.1. The number of aromatic amines is 1. The Labute approximate surface area is 160 Å². The van der Waals surface area contributed by atoms with Gasteiger partial charge in [-0.15, -0.1) is 0 Å². The molecule has 2 unspecified atom stereocenters. The molecule has 0 bridgehead atoms. The van der Waals surface area contributed by atoms with Crippen LogP contribution in [0.2, 0.25) is 0 Å². The molecule has 1 amide bonds. The van der Waals surface area contributed by atoms with E-state index >= 15 is 0 Å². The minimum absolute atomic E-state index is 0.0247. The highest BCUT2D eigenvalue weighted by molar-refractivity contribution is 6.12. The molecule has 2 aromatic heterocycles. The first-order chi connectivity index (χ1) is 13.3. The van der Waals surface area contributed by atoms with Gasteiger partial charge in [0.05, 0.1) is 29.7 Å².